The van der Waals surface area contributed by atoms with Gasteiger partial charge in [-0.1, -0.05) is 26.0 Å². The number of carboxylic acids is 3. The molecule has 0 radical (unpaired) electrons. The first-order valence-corrected chi connectivity index (χ1v) is 9.08. The third-order valence-electron chi connectivity index (χ3n) is 3.92. The standard InChI is InChI=1S/C9H11NO3.C5H9NO3.C5H11NO2/c10-8(9(12)13)5-6-1-3-7(11)4-2-6;7-3-1-4(5(8)9)6-2-3;1-3(2)4(6)5(7)8/h1-4,8,11H,5,10H2,(H,12,13);3-4,6-7H,1-2H2,(H,8,9);3-4H,6H2,1-2H3,(H,7,8)/t8-;3-,4?;4-/m000/s1/i/hD3. The summed E-state index contributed by atoms with van der Waals surface area (Å²) in [4.78, 5) is 31.0. The van der Waals surface area contributed by atoms with Gasteiger partial charge in [-0.05, 0) is 30.0 Å². The monoisotopic (exact) mass is 432 g/mol. The lowest BCUT2D eigenvalue weighted by atomic mass is 10.1. The number of phenolic OH excluding ortho intramolecular Hbond substituents is 1. The van der Waals surface area contributed by atoms with Gasteiger partial charge in [-0.15, -0.1) is 0 Å². The number of aromatic hydroxyl groups is 1. The van der Waals surface area contributed by atoms with Gasteiger partial charge in [0.1, 0.15) is 28.1 Å². The number of aliphatic hydroxyl groups excluding tert-OH is 1. The van der Waals surface area contributed by atoms with E-state index in [0.29, 0.717) is 0 Å². The Hall–Kier alpha value is -2.73. The van der Waals surface area contributed by atoms with Gasteiger partial charge >= 0.3 is 17.9 Å². The summed E-state index contributed by atoms with van der Waals surface area (Å²) < 4.78 is 20.4. The summed E-state index contributed by atoms with van der Waals surface area (Å²) in [6, 6.07) is 3.74. The lowest BCUT2D eigenvalue weighted by Crippen LogP contribution is -2.34. The number of carbonyl (C=O) groups is 3. The molecular formula is C19H31N3O8. The van der Waals surface area contributed by atoms with Crippen molar-refractivity contribution in [2.45, 2.75) is 50.9 Å². The molecule has 170 valence electrons. The van der Waals surface area contributed by atoms with Crippen LogP contribution in [0.2, 0.25) is 4.24 Å². The molecule has 30 heavy (non-hydrogen) atoms. The first-order chi connectivity index (χ1) is 15.3. The van der Waals surface area contributed by atoms with E-state index < -0.39 is 42.1 Å². The smallest absolute Gasteiger partial charge is 0.320 e. The van der Waals surface area contributed by atoms with E-state index in [2.05, 4.69) is 0 Å². The van der Waals surface area contributed by atoms with Crippen molar-refractivity contribution in [2.24, 2.45) is 17.4 Å². The Bertz CT molecular complexity index is 754. The van der Waals surface area contributed by atoms with E-state index in [4.69, 9.17) is 29.8 Å². The second-order valence-electron chi connectivity index (χ2n) is 6.93. The average molecular weight is 432 g/mol. The van der Waals surface area contributed by atoms with Crippen molar-refractivity contribution in [3.8, 4) is 5.75 Å². The molecule has 0 bridgehead atoms. The number of nitrogens with one attached hydrogen (secondary N) is 1. The molecule has 0 aromatic heterocycles. The van der Waals surface area contributed by atoms with Crippen LogP contribution >= 0.6 is 0 Å². The van der Waals surface area contributed by atoms with Crippen LogP contribution in [0.1, 0.15) is 25.8 Å². The van der Waals surface area contributed by atoms with Gasteiger partial charge in [-0.25, -0.2) is 0 Å². The summed E-state index contributed by atoms with van der Waals surface area (Å²) in [5.74, 6) is -2.97. The lowest BCUT2D eigenvalue weighted by molar-refractivity contribution is -0.140. The summed E-state index contributed by atoms with van der Waals surface area (Å²) in [5, 5.41) is 44.2. The molecule has 1 saturated heterocycles. The van der Waals surface area contributed by atoms with Crippen LogP contribution in [0, 0.1) is 5.92 Å². The first kappa shape index (κ1) is 22.0. The molecule has 0 aliphatic carbocycles. The van der Waals surface area contributed by atoms with Crippen LogP contribution in [-0.2, 0) is 20.8 Å². The molecular weight excluding hydrogens is 398 g/mol. The number of benzene rings is 1. The Labute approximate surface area is 178 Å². The number of phenols is 1. The molecule has 1 aliphatic heterocycles. The molecule has 1 aliphatic rings. The van der Waals surface area contributed by atoms with Crippen molar-refractivity contribution >= 4 is 17.9 Å². The Morgan fingerprint density at radius 3 is 2.03 bits per heavy atom. The van der Waals surface area contributed by atoms with E-state index in [1.807, 2.05) is 11.5 Å². The molecule has 0 spiro atoms. The highest BCUT2D eigenvalue weighted by Crippen LogP contribution is 2.10. The van der Waals surface area contributed by atoms with Gasteiger partial charge in [-0.2, -0.15) is 0 Å². The summed E-state index contributed by atoms with van der Waals surface area (Å²) in [5.41, 5.74) is 4.66. The highest BCUT2D eigenvalue weighted by atomic mass is 16.4. The van der Waals surface area contributed by atoms with Gasteiger partial charge in [0.15, 0.2) is 0 Å². The first-order valence-electron chi connectivity index (χ1n) is 10.5. The number of rotatable bonds is 8. The van der Waals surface area contributed by atoms with Gasteiger partial charge in [0.2, 0.25) is 0 Å². The SMILES string of the molecule is [2H]N1C[C@@H](O)CC1C(=O)O.[2H]N[C@@H](Cc1ccc(O)cc1)C(=O)O.[2H]N[C@H](C(=O)O)C(C)C. The number of aliphatic hydroxyl groups is 1. The largest absolute Gasteiger partial charge is 0.508 e. The van der Waals surface area contributed by atoms with E-state index in [9.17, 15) is 14.4 Å². The lowest BCUT2D eigenvalue weighted by Gasteiger charge is -2.07. The van der Waals surface area contributed by atoms with E-state index in [1.54, 1.807) is 26.0 Å². The third kappa shape index (κ3) is 11.3. The van der Waals surface area contributed by atoms with Crippen LogP contribution in [-0.4, -0.2) is 74.2 Å². The second kappa shape index (κ2) is 13.5. The van der Waals surface area contributed by atoms with Crippen LogP contribution in [0.3, 0.4) is 0 Å². The zero-order chi connectivity index (χ0) is 25.7. The van der Waals surface area contributed by atoms with Crippen molar-refractivity contribution in [1.82, 2.24) is 5.31 Å². The van der Waals surface area contributed by atoms with Gasteiger partial charge in [0.05, 0.1) is 6.10 Å². The quantitative estimate of drug-likeness (QED) is 0.254. The fourth-order valence-electron chi connectivity index (χ4n) is 2.07. The number of hydrogen-bond acceptors (Lipinski definition) is 8. The molecule has 1 aromatic rings. The maximum Gasteiger partial charge on any atom is 0.320 e. The number of aliphatic carboxylic acids is 3. The Balaban J connectivity index is 0.000000482. The van der Waals surface area contributed by atoms with E-state index in [1.165, 1.54) is 12.1 Å². The normalized spacial score (nSPS) is 21.5. The zero-order valence-electron chi connectivity index (χ0n) is 19.7. The summed E-state index contributed by atoms with van der Waals surface area (Å²) in [6.07, 6.45) is -0.267. The second-order valence-corrected chi connectivity index (χ2v) is 6.93. The average Bonchev–Trinajstić information content (AvgIpc) is 3.06. The molecule has 1 aromatic carbocycles. The number of β-amino-alcohol motifs (C(OH)–C–C–N with tert-alkyl or cyclic N) is 1. The maximum atomic E-state index is 10.6. The highest BCUT2D eigenvalue weighted by Gasteiger charge is 2.27. The fraction of sp³-hybridized carbons (Fsp3) is 0.526. The van der Waals surface area contributed by atoms with Crippen LogP contribution in [0.15, 0.2) is 24.3 Å². The van der Waals surface area contributed by atoms with Crippen molar-refractivity contribution in [2.75, 3.05) is 6.54 Å². The molecule has 0 saturated carbocycles. The van der Waals surface area contributed by atoms with Crippen molar-refractivity contribution < 1.29 is 44.2 Å². The van der Waals surface area contributed by atoms with Gasteiger partial charge in [-0.3, -0.25) is 14.4 Å². The number of nitrogens with two attached hydrogens (primary N) is 2. The fourth-order valence-corrected chi connectivity index (χ4v) is 2.07. The van der Waals surface area contributed by atoms with Crippen molar-refractivity contribution in [1.29, 1.82) is 0 Å². The van der Waals surface area contributed by atoms with E-state index >= 15 is 0 Å². The van der Waals surface area contributed by atoms with E-state index in [-0.39, 0.29) is 31.1 Å². The van der Waals surface area contributed by atoms with Gasteiger partial charge < -0.3 is 42.3 Å². The molecule has 0 amide bonds. The van der Waals surface area contributed by atoms with Crippen molar-refractivity contribution in [3.05, 3.63) is 29.8 Å². The Morgan fingerprint density at radius 1 is 1.17 bits per heavy atom. The van der Waals surface area contributed by atoms with Gasteiger partial charge in [0.25, 0.3) is 0 Å². The van der Waals surface area contributed by atoms with Crippen LogP contribution in [0.4, 0.5) is 0 Å². The summed E-state index contributed by atoms with van der Waals surface area (Å²) in [7, 11) is 0. The molecule has 2 rings (SSSR count). The molecule has 1 heterocycles. The minimum atomic E-state index is -1.06. The maximum absolute atomic E-state index is 10.6. The Morgan fingerprint density at radius 2 is 1.77 bits per heavy atom. The molecule has 4 atom stereocenters. The third-order valence-corrected chi connectivity index (χ3v) is 3.92. The molecule has 10 N–H and O–H groups in total. The van der Waals surface area contributed by atoms with Crippen LogP contribution < -0.4 is 16.8 Å². The molecule has 1 fully saturated rings. The topological polar surface area (TPSA) is 216 Å². The predicted molar refractivity (Wildman–Crippen MR) is 108 cm³/mol. The summed E-state index contributed by atoms with van der Waals surface area (Å²) in [6.45, 7) is 3.64. The summed E-state index contributed by atoms with van der Waals surface area (Å²) >= 11 is 0. The molecule has 11 nitrogen and oxygen atoms in total. The minimum absolute atomic E-state index is 0.0417. The predicted octanol–water partition coefficient (Wildman–Crippen LogP) is -0.805. The van der Waals surface area contributed by atoms with Crippen molar-refractivity contribution in [3.63, 3.8) is 0 Å². The van der Waals surface area contributed by atoms with Crippen LogP contribution in [0.5, 0.6) is 5.75 Å². The minimum Gasteiger partial charge on any atom is -0.508 e. The van der Waals surface area contributed by atoms with Gasteiger partial charge in [0, 0.05) is 13.0 Å². The van der Waals surface area contributed by atoms with Crippen LogP contribution in [0.25, 0.3) is 0 Å². The van der Waals surface area contributed by atoms with E-state index in [0.717, 1.165) is 10.9 Å². The molecule has 11 heteroatoms. The zero-order valence-corrected chi connectivity index (χ0v) is 16.7. The highest BCUT2D eigenvalue weighted by molar-refractivity contribution is 5.74. The number of carboxylic acid groups (broad SMARTS) is 3. The molecule has 1 unspecified atom stereocenters. The Kier molecular flexibility index (Phi) is 9.87. The number of hydrogen-bond donors (Lipinski definition) is 8.